The summed E-state index contributed by atoms with van der Waals surface area (Å²) in [5.74, 6) is 1.60. The quantitative estimate of drug-likeness (QED) is 0.849. The summed E-state index contributed by atoms with van der Waals surface area (Å²) in [7, 11) is -3.28. The molecule has 0 radical (unpaired) electrons. The average molecular weight is 343 g/mol. The number of benzene rings is 1. The minimum absolute atomic E-state index is 0.0705. The third kappa shape index (κ3) is 5.19. The van der Waals surface area contributed by atoms with Crippen molar-refractivity contribution < 1.29 is 13.2 Å². The fourth-order valence-corrected chi connectivity index (χ4v) is 4.55. The summed E-state index contributed by atoms with van der Waals surface area (Å²) in [6, 6.07) is 7.00. The summed E-state index contributed by atoms with van der Waals surface area (Å²) in [5, 5.41) is 5.25. The molecule has 8 heteroatoms. The molecule has 1 saturated heterocycles. The molecule has 0 aliphatic carbocycles. The molecule has 0 bridgehead atoms. The Morgan fingerprint density at radius 3 is 2.50 bits per heavy atom. The molecule has 1 fully saturated rings. The van der Waals surface area contributed by atoms with Crippen LogP contribution >= 0.6 is 11.8 Å². The lowest BCUT2D eigenvalue weighted by molar-refractivity contribution is 0.252. The van der Waals surface area contributed by atoms with Crippen molar-refractivity contribution in [3.05, 3.63) is 29.8 Å². The number of nitrogens with one attached hydrogen (secondary N) is 2. The first kappa shape index (κ1) is 17.1. The number of rotatable bonds is 5. The summed E-state index contributed by atoms with van der Waals surface area (Å²) in [5.41, 5.74) is 1.79. The van der Waals surface area contributed by atoms with E-state index in [1.165, 1.54) is 4.31 Å². The lowest BCUT2D eigenvalue weighted by Crippen LogP contribution is -2.42. The molecule has 1 aromatic carbocycles. The molecule has 2 N–H and O–H groups in total. The van der Waals surface area contributed by atoms with E-state index in [1.54, 1.807) is 23.9 Å². The monoisotopic (exact) mass is 343 g/mol. The van der Waals surface area contributed by atoms with E-state index in [2.05, 4.69) is 10.6 Å². The first-order valence-corrected chi connectivity index (χ1v) is 9.91. The van der Waals surface area contributed by atoms with Gasteiger partial charge < -0.3 is 10.6 Å². The van der Waals surface area contributed by atoms with E-state index in [-0.39, 0.29) is 12.3 Å². The van der Waals surface area contributed by atoms with Gasteiger partial charge in [-0.15, -0.1) is 0 Å². The minimum atomic E-state index is -3.28. The predicted octanol–water partition coefficient (Wildman–Crippen LogP) is 1.50. The van der Waals surface area contributed by atoms with Crippen LogP contribution in [0, 0.1) is 6.92 Å². The van der Waals surface area contributed by atoms with Gasteiger partial charge in [0.25, 0.3) is 0 Å². The Labute approximate surface area is 135 Å². The van der Waals surface area contributed by atoms with Crippen LogP contribution in [0.2, 0.25) is 0 Å². The van der Waals surface area contributed by atoms with E-state index in [0.717, 1.165) is 17.1 Å². The first-order chi connectivity index (χ1) is 10.5. The number of nitrogens with zero attached hydrogens (tertiary/aromatic N) is 1. The standard InChI is InChI=1S/C14H21N3O3S2/c1-12-2-4-13(5-3-12)16-14(18)15-6-11-22(19,20)17-7-9-21-10-8-17/h2-5H,6-11H2,1H3,(H2,15,16,18). The maximum Gasteiger partial charge on any atom is 0.319 e. The highest BCUT2D eigenvalue weighted by Crippen LogP contribution is 2.13. The van der Waals surface area contributed by atoms with Crippen molar-refractivity contribution >= 4 is 33.5 Å². The Balaban J connectivity index is 1.75. The molecule has 122 valence electrons. The lowest BCUT2D eigenvalue weighted by atomic mass is 10.2. The van der Waals surface area contributed by atoms with Gasteiger partial charge in [0.15, 0.2) is 0 Å². The third-order valence-corrected chi connectivity index (χ3v) is 6.13. The molecule has 2 rings (SSSR count). The molecule has 2 amide bonds. The molecule has 0 saturated carbocycles. The molecule has 1 aromatic rings. The Bertz CT molecular complexity index is 596. The van der Waals surface area contributed by atoms with Crippen LogP contribution < -0.4 is 10.6 Å². The van der Waals surface area contributed by atoms with Gasteiger partial charge in [-0.05, 0) is 19.1 Å². The van der Waals surface area contributed by atoms with Crippen LogP contribution in [0.1, 0.15) is 5.56 Å². The van der Waals surface area contributed by atoms with Crippen molar-refractivity contribution in [2.75, 3.05) is 42.2 Å². The summed E-state index contributed by atoms with van der Waals surface area (Å²) in [6.45, 7) is 3.18. The van der Waals surface area contributed by atoms with Gasteiger partial charge >= 0.3 is 6.03 Å². The van der Waals surface area contributed by atoms with E-state index in [1.807, 2.05) is 19.1 Å². The fourth-order valence-electron chi connectivity index (χ4n) is 2.06. The minimum Gasteiger partial charge on any atom is -0.337 e. The van der Waals surface area contributed by atoms with Gasteiger partial charge in [0, 0.05) is 36.8 Å². The zero-order valence-corrected chi connectivity index (χ0v) is 14.2. The van der Waals surface area contributed by atoms with Gasteiger partial charge in [-0.3, -0.25) is 0 Å². The second kappa shape index (κ2) is 7.85. The average Bonchev–Trinajstić information content (AvgIpc) is 2.50. The van der Waals surface area contributed by atoms with Gasteiger partial charge in [-0.2, -0.15) is 11.8 Å². The van der Waals surface area contributed by atoms with Crippen LogP contribution in [0.4, 0.5) is 10.5 Å². The zero-order chi connectivity index (χ0) is 16.0. The smallest absolute Gasteiger partial charge is 0.319 e. The Kier molecular flexibility index (Phi) is 6.10. The van der Waals surface area contributed by atoms with Crippen LogP contribution in [0.25, 0.3) is 0 Å². The van der Waals surface area contributed by atoms with Gasteiger partial charge in [0.05, 0.1) is 5.75 Å². The van der Waals surface area contributed by atoms with Crippen LogP contribution in [0.15, 0.2) is 24.3 Å². The van der Waals surface area contributed by atoms with Crippen LogP contribution in [-0.2, 0) is 10.0 Å². The zero-order valence-electron chi connectivity index (χ0n) is 12.5. The van der Waals surface area contributed by atoms with E-state index in [4.69, 9.17) is 0 Å². The second-order valence-corrected chi connectivity index (χ2v) is 8.39. The number of urea groups is 1. The van der Waals surface area contributed by atoms with Crippen molar-refractivity contribution in [1.82, 2.24) is 9.62 Å². The highest BCUT2D eigenvalue weighted by atomic mass is 32.2. The van der Waals surface area contributed by atoms with Crippen LogP contribution in [-0.4, -0.2) is 55.6 Å². The Hall–Kier alpha value is -1.25. The largest absolute Gasteiger partial charge is 0.337 e. The van der Waals surface area contributed by atoms with Crippen molar-refractivity contribution in [2.45, 2.75) is 6.92 Å². The van der Waals surface area contributed by atoms with Crippen molar-refractivity contribution in [2.24, 2.45) is 0 Å². The van der Waals surface area contributed by atoms with E-state index in [0.29, 0.717) is 18.8 Å². The van der Waals surface area contributed by atoms with Gasteiger partial charge in [-0.1, -0.05) is 17.7 Å². The Morgan fingerprint density at radius 2 is 1.86 bits per heavy atom. The second-order valence-electron chi connectivity index (χ2n) is 5.07. The highest BCUT2D eigenvalue weighted by molar-refractivity contribution is 7.99. The molecule has 0 atom stereocenters. The van der Waals surface area contributed by atoms with E-state index < -0.39 is 16.1 Å². The molecule has 22 heavy (non-hydrogen) atoms. The Morgan fingerprint density at radius 1 is 1.23 bits per heavy atom. The van der Waals surface area contributed by atoms with Crippen molar-refractivity contribution in [3.8, 4) is 0 Å². The number of carbonyl (C=O) groups excluding carboxylic acids is 1. The fraction of sp³-hybridized carbons (Fsp3) is 0.500. The van der Waals surface area contributed by atoms with E-state index in [9.17, 15) is 13.2 Å². The molecule has 1 heterocycles. The number of amides is 2. The summed E-state index contributed by atoms with van der Waals surface area (Å²) < 4.78 is 25.7. The molecular weight excluding hydrogens is 322 g/mol. The summed E-state index contributed by atoms with van der Waals surface area (Å²) >= 11 is 1.76. The highest BCUT2D eigenvalue weighted by Gasteiger charge is 2.23. The molecular formula is C14H21N3O3S2. The third-order valence-electron chi connectivity index (χ3n) is 3.32. The van der Waals surface area contributed by atoms with Crippen molar-refractivity contribution in [1.29, 1.82) is 0 Å². The molecule has 1 aliphatic rings. The van der Waals surface area contributed by atoms with Crippen LogP contribution in [0.5, 0.6) is 0 Å². The topological polar surface area (TPSA) is 78.5 Å². The number of sulfonamides is 1. The van der Waals surface area contributed by atoms with Crippen LogP contribution in [0.3, 0.4) is 0 Å². The predicted molar refractivity (Wildman–Crippen MR) is 90.9 cm³/mol. The van der Waals surface area contributed by atoms with Gasteiger partial charge in [-0.25, -0.2) is 17.5 Å². The van der Waals surface area contributed by atoms with E-state index >= 15 is 0 Å². The maximum atomic E-state index is 12.1. The molecule has 0 unspecified atom stereocenters. The maximum absolute atomic E-state index is 12.1. The van der Waals surface area contributed by atoms with Gasteiger partial charge in [0.1, 0.15) is 0 Å². The number of hydrogen-bond donors (Lipinski definition) is 2. The number of hydrogen-bond acceptors (Lipinski definition) is 4. The summed E-state index contributed by atoms with van der Waals surface area (Å²) in [6.07, 6.45) is 0. The molecule has 0 aromatic heterocycles. The number of carbonyl (C=O) groups is 1. The number of aryl methyl sites for hydroxylation is 1. The van der Waals surface area contributed by atoms with Crippen molar-refractivity contribution in [3.63, 3.8) is 0 Å². The first-order valence-electron chi connectivity index (χ1n) is 7.14. The molecule has 6 nitrogen and oxygen atoms in total. The lowest BCUT2D eigenvalue weighted by Gasteiger charge is -2.25. The molecule has 0 spiro atoms. The normalized spacial score (nSPS) is 16.2. The number of thioether (sulfide) groups is 1. The SMILES string of the molecule is Cc1ccc(NC(=O)NCCS(=O)(=O)N2CCSCC2)cc1. The summed E-state index contributed by atoms with van der Waals surface area (Å²) in [4.78, 5) is 11.7. The van der Waals surface area contributed by atoms with Gasteiger partial charge in [0.2, 0.25) is 10.0 Å². The number of anilines is 1. The molecule has 1 aliphatic heterocycles.